The van der Waals surface area contributed by atoms with Crippen LogP contribution in [0.1, 0.15) is 33.1 Å². The molecule has 1 rings (SSSR count). The van der Waals surface area contributed by atoms with Crippen molar-refractivity contribution in [3.8, 4) is 0 Å². The molecule has 0 aromatic carbocycles. The van der Waals surface area contributed by atoms with Crippen molar-refractivity contribution in [2.45, 2.75) is 39.2 Å². The van der Waals surface area contributed by atoms with E-state index in [9.17, 15) is 9.59 Å². The van der Waals surface area contributed by atoms with Crippen molar-refractivity contribution < 1.29 is 14.3 Å². The average Bonchev–Trinajstić information content (AvgIpc) is 2.72. The molecule has 1 N–H and O–H groups in total. The minimum absolute atomic E-state index is 0.00363. The normalized spacial score (nSPS) is 21.2. The zero-order chi connectivity index (χ0) is 13.5. The van der Waals surface area contributed by atoms with E-state index in [1.807, 2.05) is 6.92 Å². The second-order valence-corrected chi connectivity index (χ2v) is 4.90. The van der Waals surface area contributed by atoms with Gasteiger partial charge in [0.1, 0.15) is 0 Å². The quantitative estimate of drug-likeness (QED) is 0.685. The summed E-state index contributed by atoms with van der Waals surface area (Å²) in [6.45, 7) is 5.75. The highest BCUT2D eigenvalue weighted by Gasteiger charge is 2.36. The molecule has 1 aliphatic rings. The lowest BCUT2D eigenvalue weighted by molar-refractivity contribution is -0.130. The van der Waals surface area contributed by atoms with Gasteiger partial charge in [-0.05, 0) is 13.3 Å². The molecule has 5 nitrogen and oxygen atoms in total. The van der Waals surface area contributed by atoms with E-state index in [1.54, 1.807) is 12.0 Å². The van der Waals surface area contributed by atoms with Gasteiger partial charge in [-0.15, -0.1) is 0 Å². The van der Waals surface area contributed by atoms with E-state index < -0.39 is 0 Å². The van der Waals surface area contributed by atoms with E-state index in [-0.39, 0.29) is 23.8 Å². The summed E-state index contributed by atoms with van der Waals surface area (Å²) >= 11 is 0. The minimum atomic E-state index is -0.200. The summed E-state index contributed by atoms with van der Waals surface area (Å²) in [5.74, 6) is -0.146. The predicted molar refractivity (Wildman–Crippen MR) is 69.1 cm³/mol. The molecule has 0 saturated carbocycles. The van der Waals surface area contributed by atoms with Gasteiger partial charge in [0.2, 0.25) is 11.8 Å². The van der Waals surface area contributed by atoms with Crippen molar-refractivity contribution in [3.63, 3.8) is 0 Å². The molecule has 0 aromatic rings. The fourth-order valence-corrected chi connectivity index (χ4v) is 2.20. The van der Waals surface area contributed by atoms with Gasteiger partial charge < -0.3 is 15.0 Å². The highest BCUT2D eigenvalue weighted by molar-refractivity contribution is 5.89. The molecule has 0 radical (unpaired) electrons. The number of nitrogens with zero attached hydrogens (tertiary/aromatic N) is 1. The summed E-state index contributed by atoms with van der Waals surface area (Å²) in [7, 11) is 1.62. The van der Waals surface area contributed by atoms with E-state index in [1.165, 1.54) is 0 Å². The first-order valence-corrected chi connectivity index (χ1v) is 6.66. The molecule has 0 spiro atoms. The fraction of sp³-hybridized carbons (Fsp3) is 0.846. The summed E-state index contributed by atoms with van der Waals surface area (Å²) in [6, 6.07) is 0.0379. The lowest BCUT2D eigenvalue weighted by atomic mass is 10.1. The lowest BCUT2D eigenvalue weighted by Crippen LogP contribution is -2.39. The van der Waals surface area contributed by atoms with E-state index in [4.69, 9.17) is 4.74 Å². The van der Waals surface area contributed by atoms with Gasteiger partial charge in [-0.25, -0.2) is 0 Å². The number of ether oxygens (including phenoxy) is 1. The van der Waals surface area contributed by atoms with Crippen molar-refractivity contribution in [3.05, 3.63) is 0 Å². The second-order valence-electron chi connectivity index (χ2n) is 4.90. The molecule has 0 bridgehead atoms. The Kier molecular flexibility index (Phi) is 6.12. The lowest BCUT2D eigenvalue weighted by Gasteiger charge is -2.23. The first kappa shape index (κ1) is 15.0. The first-order chi connectivity index (χ1) is 8.60. The van der Waals surface area contributed by atoms with Crippen LogP contribution in [0, 0.1) is 5.92 Å². The number of carbonyl (C=O) groups is 2. The third kappa shape index (κ3) is 3.98. The van der Waals surface area contributed by atoms with Gasteiger partial charge in [0.25, 0.3) is 0 Å². The van der Waals surface area contributed by atoms with Crippen molar-refractivity contribution in [2.75, 3.05) is 26.8 Å². The number of rotatable bonds is 7. The van der Waals surface area contributed by atoms with Gasteiger partial charge in [-0.3, -0.25) is 9.59 Å². The van der Waals surface area contributed by atoms with Crippen molar-refractivity contribution >= 4 is 11.8 Å². The van der Waals surface area contributed by atoms with Crippen LogP contribution in [0.5, 0.6) is 0 Å². The molecule has 1 saturated heterocycles. The Balaban J connectivity index is 2.42. The van der Waals surface area contributed by atoms with Gasteiger partial charge in [-0.2, -0.15) is 0 Å². The highest BCUT2D eigenvalue weighted by atomic mass is 16.5. The SMILES string of the molecule is CCCCNC(=O)[C@H]1CC(=O)N([C@H](C)COC)C1. The number of unbranched alkanes of at least 4 members (excludes halogenated alkanes) is 1. The van der Waals surface area contributed by atoms with E-state index in [2.05, 4.69) is 12.2 Å². The fourth-order valence-electron chi connectivity index (χ4n) is 2.20. The Morgan fingerprint density at radius 2 is 2.33 bits per heavy atom. The Morgan fingerprint density at radius 3 is 2.94 bits per heavy atom. The van der Waals surface area contributed by atoms with Crippen LogP contribution in [0.25, 0.3) is 0 Å². The molecule has 1 fully saturated rings. The summed E-state index contributed by atoms with van der Waals surface area (Å²) in [6.07, 6.45) is 2.36. The number of carbonyl (C=O) groups excluding carboxylic acids is 2. The van der Waals surface area contributed by atoms with Crippen LogP contribution in [0.3, 0.4) is 0 Å². The number of methoxy groups -OCH3 is 1. The monoisotopic (exact) mass is 256 g/mol. The maximum absolute atomic E-state index is 11.9. The van der Waals surface area contributed by atoms with E-state index in [0.717, 1.165) is 12.8 Å². The summed E-state index contributed by atoms with van der Waals surface area (Å²) in [5.41, 5.74) is 0. The summed E-state index contributed by atoms with van der Waals surface area (Å²) in [5, 5.41) is 2.89. The maximum Gasteiger partial charge on any atom is 0.225 e. The molecule has 2 atom stereocenters. The second kappa shape index (κ2) is 7.36. The Labute approximate surface area is 109 Å². The van der Waals surface area contributed by atoms with Gasteiger partial charge in [0.15, 0.2) is 0 Å². The molecule has 2 amide bonds. The number of amides is 2. The molecule has 0 aliphatic carbocycles. The molecule has 104 valence electrons. The third-order valence-corrected chi connectivity index (χ3v) is 3.30. The molecule has 0 unspecified atom stereocenters. The van der Waals surface area contributed by atoms with Gasteiger partial charge >= 0.3 is 0 Å². The topological polar surface area (TPSA) is 58.6 Å². The smallest absolute Gasteiger partial charge is 0.225 e. The molecule has 1 heterocycles. The van der Waals surface area contributed by atoms with Gasteiger partial charge in [-0.1, -0.05) is 13.3 Å². The molecule has 1 aliphatic heterocycles. The third-order valence-electron chi connectivity index (χ3n) is 3.30. The standard InChI is InChI=1S/C13H24N2O3/c1-4-5-6-14-13(17)11-7-12(16)15(8-11)10(2)9-18-3/h10-11H,4-9H2,1-3H3,(H,14,17)/t10-,11+/m1/s1. The molecule has 0 aromatic heterocycles. The van der Waals surface area contributed by atoms with Crippen molar-refractivity contribution in [1.29, 1.82) is 0 Å². The number of nitrogens with one attached hydrogen (secondary N) is 1. The van der Waals surface area contributed by atoms with Crippen LogP contribution >= 0.6 is 0 Å². The average molecular weight is 256 g/mol. The highest BCUT2D eigenvalue weighted by Crippen LogP contribution is 2.20. The number of hydrogen-bond acceptors (Lipinski definition) is 3. The van der Waals surface area contributed by atoms with Crippen molar-refractivity contribution in [2.24, 2.45) is 5.92 Å². The van der Waals surface area contributed by atoms with Crippen molar-refractivity contribution in [1.82, 2.24) is 10.2 Å². The first-order valence-electron chi connectivity index (χ1n) is 6.66. The zero-order valence-electron chi connectivity index (χ0n) is 11.6. The van der Waals surface area contributed by atoms with Crippen LogP contribution in [0.2, 0.25) is 0 Å². The van der Waals surface area contributed by atoms with Gasteiger partial charge in [0, 0.05) is 26.6 Å². The van der Waals surface area contributed by atoms with E-state index >= 15 is 0 Å². The number of hydrogen-bond donors (Lipinski definition) is 1. The Hall–Kier alpha value is -1.10. The maximum atomic E-state index is 11.9. The zero-order valence-corrected chi connectivity index (χ0v) is 11.6. The Bertz CT molecular complexity index is 294. The molecular formula is C13H24N2O3. The van der Waals surface area contributed by atoms with Crippen LogP contribution in [-0.4, -0.2) is 49.6 Å². The summed E-state index contributed by atoms with van der Waals surface area (Å²) < 4.78 is 5.05. The van der Waals surface area contributed by atoms with E-state index in [0.29, 0.717) is 26.1 Å². The molecule has 5 heteroatoms. The van der Waals surface area contributed by atoms with Crippen LogP contribution < -0.4 is 5.32 Å². The van der Waals surface area contributed by atoms with Gasteiger partial charge in [0.05, 0.1) is 18.6 Å². The predicted octanol–water partition coefficient (Wildman–Crippen LogP) is 0.786. The van der Waals surface area contributed by atoms with Crippen LogP contribution in [-0.2, 0) is 14.3 Å². The number of likely N-dealkylation sites (tertiary alicyclic amines) is 1. The summed E-state index contributed by atoms with van der Waals surface area (Å²) in [4.78, 5) is 25.4. The minimum Gasteiger partial charge on any atom is -0.383 e. The van der Waals surface area contributed by atoms with Crippen LogP contribution in [0.4, 0.5) is 0 Å². The Morgan fingerprint density at radius 1 is 1.61 bits per heavy atom. The molecule has 18 heavy (non-hydrogen) atoms. The largest absolute Gasteiger partial charge is 0.383 e. The molecular weight excluding hydrogens is 232 g/mol. The van der Waals surface area contributed by atoms with Crippen LogP contribution in [0.15, 0.2) is 0 Å².